The van der Waals surface area contributed by atoms with E-state index in [4.69, 9.17) is 4.74 Å². The highest BCUT2D eigenvalue weighted by Crippen LogP contribution is 2.43. The van der Waals surface area contributed by atoms with Crippen LogP contribution in [0.1, 0.15) is 0 Å². The smallest absolute Gasteiger partial charge is 0.119 e. The van der Waals surface area contributed by atoms with Crippen LogP contribution in [0.2, 0.25) is 0 Å². The molecule has 0 aliphatic rings. The molecule has 0 radical (unpaired) electrons. The van der Waals surface area contributed by atoms with Crippen molar-refractivity contribution in [2.24, 2.45) is 0 Å². The Hall–Kier alpha value is -4.54. The number of anilines is 1. The van der Waals surface area contributed by atoms with E-state index in [1.807, 2.05) is 30.3 Å². The standard InChI is InChI=1S/C34H30N2O2/c1-38-29-19-17-27(18-20-29)35-22-28(37)23-36-33(26-13-6-3-7-14-26)32(25-11-4-2-5-12-25)31-21-16-24-10-8-9-15-30(24)34(31)36/h2-21,28,35,37H,22-23H2,1H3/t28-/m1/s1. The summed E-state index contributed by atoms with van der Waals surface area (Å²) in [5, 5.41) is 18.3. The summed E-state index contributed by atoms with van der Waals surface area (Å²) in [6.07, 6.45) is -0.613. The molecule has 0 aliphatic heterocycles. The van der Waals surface area contributed by atoms with Gasteiger partial charge in [0.25, 0.3) is 0 Å². The Labute approximate surface area is 222 Å². The first-order valence-electron chi connectivity index (χ1n) is 12.9. The van der Waals surface area contributed by atoms with Crippen molar-refractivity contribution in [3.8, 4) is 28.1 Å². The molecular formula is C34H30N2O2. The number of hydrogen-bond acceptors (Lipinski definition) is 3. The van der Waals surface area contributed by atoms with Crippen molar-refractivity contribution in [2.75, 3.05) is 19.0 Å². The molecule has 1 aromatic heterocycles. The summed E-state index contributed by atoms with van der Waals surface area (Å²) in [6, 6.07) is 41.7. The highest BCUT2D eigenvalue weighted by Gasteiger charge is 2.23. The number of methoxy groups -OCH3 is 1. The number of aromatic nitrogens is 1. The van der Waals surface area contributed by atoms with Gasteiger partial charge < -0.3 is 19.7 Å². The van der Waals surface area contributed by atoms with Gasteiger partial charge in [0.1, 0.15) is 5.75 Å². The Morgan fingerprint density at radius 2 is 1.37 bits per heavy atom. The maximum absolute atomic E-state index is 11.3. The minimum Gasteiger partial charge on any atom is -0.497 e. The normalized spacial score (nSPS) is 12.1. The van der Waals surface area contributed by atoms with Crippen molar-refractivity contribution < 1.29 is 9.84 Å². The number of rotatable bonds is 8. The first-order valence-corrected chi connectivity index (χ1v) is 12.9. The van der Waals surface area contributed by atoms with E-state index in [9.17, 15) is 5.11 Å². The molecule has 188 valence electrons. The molecule has 4 heteroatoms. The summed E-state index contributed by atoms with van der Waals surface area (Å²) < 4.78 is 7.58. The fourth-order valence-corrected chi connectivity index (χ4v) is 5.32. The third-order valence-corrected chi connectivity index (χ3v) is 7.08. The van der Waals surface area contributed by atoms with Gasteiger partial charge in [-0.1, -0.05) is 97.1 Å². The van der Waals surface area contributed by atoms with Gasteiger partial charge in [-0.3, -0.25) is 0 Å². The lowest BCUT2D eigenvalue weighted by atomic mass is 9.97. The van der Waals surface area contributed by atoms with Crippen LogP contribution in [0.4, 0.5) is 5.69 Å². The number of nitrogens with one attached hydrogen (secondary N) is 1. The second-order valence-corrected chi connectivity index (χ2v) is 9.51. The minimum atomic E-state index is -0.613. The Bertz CT molecular complexity index is 1670. The van der Waals surface area contributed by atoms with Crippen LogP contribution in [-0.2, 0) is 6.54 Å². The van der Waals surface area contributed by atoms with E-state index in [-0.39, 0.29) is 0 Å². The fourth-order valence-electron chi connectivity index (χ4n) is 5.32. The monoisotopic (exact) mass is 498 g/mol. The molecule has 1 atom stereocenters. The Kier molecular flexibility index (Phi) is 6.55. The van der Waals surface area contributed by atoms with Crippen LogP contribution in [0, 0.1) is 0 Å². The predicted molar refractivity (Wildman–Crippen MR) is 158 cm³/mol. The van der Waals surface area contributed by atoms with E-state index >= 15 is 0 Å². The number of ether oxygens (including phenoxy) is 1. The van der Waals surface area contributed by atoms with Gasteiger partial charge in [-0.05, 0) is 40.8 Å². The van der Waals surface area contributed by atoms with E-state index in [0.717, 1.165) is 33.8 Å². The molecule has 38 heavy (non-hydrogen) atoms. The zero-order valence-corrected chi connectivity index (χ0v) is 21.3. The van der Waals surface area contributed by atoms with Crippen molar-refractivity contribution in [3.63, 3.8) is 0 Å². The zero-order chi connectivity index (χ0) is 25.9. The van der Waals surface area contributed by atoms with Crippen molar-refractivity contribution in [1.82, 2.24) is 4.57 Å². The number of aliphatic hydroxyl groups is 1. The maximum Gasteiger partial charge on any atom is 0.119 e. The van der Waals surface area contributed by atoms with Crippen LogP contribution in [0.3, 0.4) is 0 Å². The average Bonchev–Trinajstić information content (AvgIpc) is 3.31. The second-order valence-electron chi connectivity index (χ2n) is 9.51. The number of benzene rings is 5. The molecule has 0 amide bonds. The van der Waals surface area contributed by atoms with Crippen LogP contribution in [0.25, 0.3) is 44.1 Å². The summed E-state index contributed by atoms with van der Waals surface area (Å²) in [7, 11) is 1.66. The Morgan fingerprint density at radius 1 is 0.711 bits per heavy atom. The highest BCUT2D eigenvalue weighted by atomic mass is 16.5. The molecule has 0 unspecified atom stereocenters. The summed E-state index contributed by atoms with van der Waals surface area (Å²) in [6.45, 7) is 0.871. The van der Waals surface area contributed by atoms with Crippen molar-refractivity contribution in [2.45, 2.75) is 12.6 Å². The van der Waals surface area contributed by atoms with E-state index < -0.39 is 6.10 Å². The summed E-state index contributed by atoms with van der Waals surface area (Å²) in [4.78, 5) is 0. The molecular weight excluding hydrogens is 468 g/mol. The topological polar surface area (TPSA) is 46.4 Å². The van der Waals surface area contributed by atoms with Crippen LogP contribution in [0.5, 0.6) is 5.75 Å². The first kappa shape index (κ1) is 23.8. The summed E-state index contributed by atoms with van der Waals surface area (Å²) >= 11 is 0. The molecule has 0 bridgehead atoms. The molecule has 6 aromatic rings. The molecule has 0 fully saturated rings. The van der Waals surface area contributed by atoms with Crippen LogP contribution in [0.15, 0.2) is 121 Å². The number of hydrogen-bond donors (Lipinski definition) is 2. The molecule has 4 nitrogen and oxygen atoms in total. The lowest BCUT2D eigenvalue weighted by Gasteiger charge is -2.18. The van der Waals surface area contributed by atoms with Crippen LogP contribution < -0.4 is 10.1 Å². The van der Waals surface area contributed by atoms with Gasteiger partial charge in [-0.25, -0.2) is 0 Å². The molecule has 6 rings (SSSR count). The fraction of sp³-hybridized carbons (Fsp3) is 0.118. The molecule has 1 heterocycles. The third-order valence-electron chi connectivity index (χ3n) is 7.08. The van der Waals surface area contributed by atoms with Gasteiger partial charge in [0.15, 0.2) is 0 Å². The van der Waals surface area contributed by atoms with E-state index in [1.165, 1.54) is 21.7 Å². The molecule has 2 N–H and O–H groups in total. The summed E-state index contributed by atoms with van der Waals surface area (Å²) in [5.41, 5.74) is 6.68. The van der Waals surface area contributed by atoms with Gasteiger partial charge in [-0.2, -0.15) is 0 Å². The van der Waals surface area contributed by atoms with Gasteiger partial charge in [-0.15, -0.1) is 0 Å². The van der Waals surface area contributed by atoms with E-state index in [1.54, 1.807) is 7.11 Å². The SMILES string of the molecule is COc1ccc(NC[C@@H](O)Cn2c(-c3ccccc3)c(-c3ccccc3)c3ccc4ccccc4c32)cc1. The van der Waals surface area contributed by atoms with E-state index in [2.05, 4.69) is 101 Å². The Morgan fingerprint density at radius 3 is 2.08 bits per heavy atom. The molecule has 0 saturated heterocycles. The average molecular weight is 499 g/mol. The van der Waals surface area contributed by atoms with Gasteiger partial charge >= 0.3 is 0 Å². The number of nitrogens with zero attached hydrogens (tertiary/aromatic N) is 1. The van der Waals surface area contributed by atoms with Crippen LogP contribution >= 0.6 is 0 Å². The van der Waals surface area contributed by atoms with Crippen LogP contribution in [-0.4, -0.2) is 29.4 Å². The quantitative estimate of drug-likeness (QED) is 0.227. The maximum atomic E-state index is 11.3. The summed E-state index contributed by atoms with van der Waals surface area (Å²) in [5.74, 6) is 0.808. The van der Waals surface area contributed by atoms with Crippen molar-refractivity contribution in [3.05, 3.63) is 121 Å². The Balaban J connectivity index is 1.50. The van der Waals surface area contributed by atoms with E-state index in [0.29, 0.717) is 13.1 Å². The van der Waals surface area contributed by atoms with Crippen molar-refractivity contribution in [1.29, 1.82) is 0 Å². The molecule has 0 aliphatic carbocycles. The molecule has 5 aromatic carbocycles. The second kappa shape index (κ2) is 10.4. The lowest BCUT2D eigenvalue weighted by molar-refractivity contribution is 0.169. The number of aliphatic hydroxyl groups excluding tert-OH is 1. The minimum absolute atomic E-state index is 0.422. The van der Waals surface area contributed by atoms with Crippen molar-refractivity contribution >= 4 is 27.4 Å². The lowest BCUT2D eigenvalue weighted by Crippen LogP contribution is -2.25. The third kappa shape index (κ3) is 4.51. The predicted octanol–water partition coefficient (Wildman–Crippen LogP) is 7.61. The molecule has 0 spiro atoms. The van der Waals surface area contributed by atoms with Gasteiger partial charge in [0, 0.05) is 28.6 Å². The van der Waals surface area contributed by atoms with Gasteiger partial charge in [0.2, 0.25) is 0 Å². The first-order chi connectivity index (χ1) is 18.7. The number of fused-ring (bicyclic) bond motifs is 3. The zero-order valence-electron chi connectivity index (χ0n) is 21.3. The highest BCUT2D eigenvalue weighted by molar-refractivity contribution is 6.15. The van der Waals surface area contributed by atoms with Gasteiger partial charge in [0.05, 0.1) is 31.0 Å². The largest absolute Gasteiger partial charge is 0.497 e. The molecule has 0 saturated carbocycles.